The van der Waals surface area contributed by atoms with E-state index in [0.29, 0.717) is 24.8 Å². The number of Topliss-reactive ketones (excluding diaryl/α,β-unsaturated/α-hetero) is 1. The highest BCUT2D eigenvalue weighted by Crippen LogP contribution is 2.52. The maximum atomic E-state index is 11.9. The number of hydrogen-bond donors (Lipinski definition) is 1. The fourth-order valence-electron chi connectivity index (χ4n) is 4.03. The Bertz CT molecular complexity index is 626. The number of carbonyl (C=O) groups excluding carboxylic acids is 2. The lowest BCUT2D eigenvalue weighted by atomic mass is 9.93. The molecule has 5 unspecified atom stereocenters. The van der Waals surface area contributed by atoms with Crippen LogP contribution in [0.2, 0.25) is 0 Å². The Morgan fingerprint density at radius 3 is 2.68 bits per heavy atom. The minimum atomic E-state index is -3.23. The zero-order valence-electron chi connectivity index (χ0n) is 12.6. The highest BCUT2D eigenvalue weighted by molar-refractivity contribution is 7.90. The summed E-state index contributed by atoms with van der Waals surface area (Å²) in [5.41, 5.74) is 0.493. The first-order valence-electron chi connectivity index (χ1n) is 7.69. The third-order valence-electron chi connectivity index (χ3n) is 5.09. The van der Waals surface area contributed by atoms with Crippen LogP contribution in [0.25, 0.3) is 0 Å². The van der Waals surface area contributed by atoms with Crippen LogP contribution in [0.15, 0.2) is 12.2 Å². The molecule has 0 aromatic heterocycles. The van der Waals surface area contributed by atoms with Crippen LogP contribution in [0.3, 0.4) is 0 Å². The van der Waals surface area contributed by atoms with Gasteiger partial charge in [0.25, 0.3) is 0 Å². The molecular weight excluding hydrogens is 306 g/mol. The molecule has 3 rings (SSSR count). The minimum absolute atomic E-state index is 0.0425. The lowest BCUT2D eigenvalue weighted by Crippen LogP contribution is -2.41. The molecule has 3 fully saturated rings. The minimum Gasteiger partial charge on any atom is -0.460 e. The van der Waals surface area contributed by atoms with Gasteiger partial charge < -0.3 is 4.74 Å². The zero-order chi connectivity index (χ0) is 16.1. The molecule has 0 spiro atoms. The molecule has 1 N–H and O–H groups in total. The van der Waals surface area contributed by atoms with Gasteiger partial charge in [-0.2, -0.15) is 0 Å². The Hall–Kier alpha value is -1.21. The van der Waals surface area contributed by atoms with E-state index in [2.05, 4.69) is 11.3 Å². The highest BCUT2D eigenvalue weighted by atomic mass is 32.2. The number of fused-ring (bicyclic) bond motifs is 1. The van der Waals surface area contributed by atoms with Crippen LogP contribution in [0.4, 0.5) is 0 Å². The van der Waals surface area contributed by atoms with E-state index in [4.69, 9.17) is 4.74 Å². The van der Waals surface area contributed by atoms with Crippen molar-refractivity contribution in [2.75, 3.05) is 0 Å². The van der Waals surface area contributed by atoms with Gasteiger partial charge >= 0.3 is 5.97 Å². The van der Waals surface area contributed by atoms with Gasteiger partial charge in [0.15, 0.2) is 5.78 Å². The van der Waals surface area contributed by atoms with Crippen LogP contribution < -0.4 is 4.72 Å². The predicted molar refractivity (Wildman–Crippen MR) is 79.4 cm³/mol. The quantitative estimate of drug-likeness (QED) is 0.579. The zero-order valence-corrected chi connectivity index (χ0v) is 13.4. The van der Waals surface area contributed by atoms with Crippen molar-refractivity contribution >= 4 is 21.8 Å². The van der Waals surface area contributed by atoms with Crippen molar-refractivity contribution in [1.29, 1.82) is 0 Å². The van der Waals surface area contributed by atoms with Gasteiger partial charge in [0.2, 0.25) is 10.0 Å². The number of rotatable bonds is 6. The van der Waals surface area contributed by atoms with Gasteiger partial charge in [0.05, 0.1) is 11.3 Å². The van der Waals surface area contributed by atoms with Gasteiger partial charge in [-0.15, -0.1) is 0 Å². The molecule has 0 aromatic rings. The first-order chi connectivity index (χ1) is 10.3. The number of hydrogen-bond acceptors (Lipinski definition) is 5. The average molecular weight is 327 g/mol. The summed E-state index contributed by atoms with van der Waals surface area (Å²) < 4.78 is 32.0. The van der Waals surface area contributed by atoms with E-state index in [1.54, 1.807) is 6.92 Å². The molecule has 7 heteroatoms. The number of ketones is 1. The number of carbonyl (C=O) groups is 2. The van der Waals surface area contributed by atoms with Crippen molar-refractivity contribution in [2.24, 2.45) is 11.8 Å². The smallest absolute Gasteiger partial charge is 0.306 e. The third kappa shape index (κ3) is 2.60. The molecule has 0 aromatic carbocycles. The van der Waals surface area contributed by atoms with E-state index in [9.17, 15) is 18.0 Å². The van der Waals surface area contributed by atoms with Gasteiger partial charge in [-0.25, -0.2) is 13.1 Å². The van der Waals surface area contributed by atoms with E-state index < -0.39 is 10.0 Å². The molecule has 2 aliphatic carbocycles. The summed E-state index contributed by atoms with van der Waals surface area (Å²) in [5.74, 6) is -0.169. The Labute approximate surface area is 130 Å². The van der Waals surface area contributed by atoms with Crippen molar-refractivity contribution in [3.63, 3.8) is 0 Å². The van der Waals surface area contributed by atoms with Gasteiger partial charge in [0, 0.05) is 12.8 Å². The molecule has 1 saturated heterocycles. The standard InChI is InChI=1S/C15H21NO5S/c1-8(2)11(17)4-3-5-13(18)21-15-9-6-10-12(7-9)22(19,20)16-14(10)15/h9-10,12,14-16H,1,3-7H2,2H3. The number of esters is 1. The molecule has 22 heavy (non-hydrogen) atoms. The fraction of sp³-hybridized carbons (Fsp3) is 0.733. The molecule has 0 radical (unpaired) electrons. The molecule has 1 aliphatic heterocycles. The summed E-state index contributed by atoms with van der Waals surface area (Å²) in [5, 5.41) is -0.300. The van der Waals surface area contributed by atoms with Crippen LogP contribution >= 0.6 is 0 Å². The maximum absolute atomic E-state index is 11.9. The average Bonchev–Trinajstić information content (AvgIpc) is 3.02. The topological polar surface area (TPSA) is 89.5 Å². The summed E-state index contributed by atoms with van der Waals surface area (Å²) in [6.07, 6.45) is 1.96. The van der Waals surface area contributed by atoms with Gasteiger partial charge in [-0.05, 0) is 43.6 Å². The normalized spacial score (nSPS) is 37.2. The summed E-state index contributed by atoms with van der Waals surface area (Å²) in [6, 6.07) is -0.255. The van der Waals surface area contributed by atoms with Crippen molar-refractivity contribution in [2.45, 2.75) is 56.4 Å². The Morgan fingerprint density at radius 2 is 2.00 bits per heavy atom. The monoisotopic (exact) mass is 327 g/mol. The first kappa shape index (κ1) is 15.7. The fourth-order valence-corrected chi connectivity index (χ4v) is 6.13. The van der Waals surface area contributed by atoms with Crippen LogP contribution in [0.1, 0.15) is 39.0 Å². The molecule has 2 bridgehead atoms. The Balaban J connectivity index is 1.51. The van der Waals surface area contributed by atoms with E-state index in [-0.39, 0.29) is 47.4 Å². The van der Waals surface area contributed by atoms with E-state index in [0.717, 1.165) is 6.42 Å². The highest BCUT2D eigenvalue weighted by Gasteiger charge is 2.63. The SMILES string of the molecule is C=C(C)C(=O)CCCC(=O)OC1C2CC3C1NS(=O)(=O)C3C2. The van der Waals surface area contributed by atoms with E-state index in [1.165, 1.54) is 0 Å². The molecular formula is C15H21NO5S. The summed E-state index contributed by atoms with van der Waals surface area (Å²) >= 11 is 0. The Morgan fingerprint density at radius 1 is 1.27 bits per heavy atom. The second-order valence-electron chi connectivity index (χ2n) is 6.63. The van der Waals surface area contributed by atoms with Crippen molar-refractivity contribution in [3.05, 3.63) is 12.2 Å². The van der Waals surface area contributed by atoms with Crippen molar-refractivity contribution < 1.29 is 22.7 Å². The molecule has 1 heterocycles. The summed E-state index contributed by atoms with van der Waals surface area (Å²) in [6.45, 7) is 5.22. The molecule has 5 atom stereocenters. The van der Waals surface area contributed by atoms with Crippen LogP contribution in [0.5, 0.6) is 0 Å². The first-order valence-corrected chi connectivity index (χ1v) is 9.23. The molecule has 3 aliphatic rings. The second-order valence-corrected chi connectivity index (χ2v) is 8.57. The summed E-state index contributed by atoms with van der Waals surface area (Å²) in [7, 11) is -3.23. The van der Waals surface area contributed by atoms with E-state index >= 15 is 0 Å². The van der Waals surface area contributed by atoms with Gasteiger partial charge in [-0.3, -0.25) is 9.59 Å². The molecule has 2 saturated carbocycles. The van der Waals surface area contributed by atoms with Crippen molar-refractivity contribution in [3.8, 4) is 0 Å². The number of allylic oxidation sites excluding steroid dienone is 1. The van der Waals surface area contributed by atoms with Crippen molar-refractivity contribution in [1.82, 2.24) is 4.72 Å². The number of ether oxygens (including phenoxy) is 1. The van der Waals surface area contributed by atoms with Crippen LogP contribution in [0, 0.1) is 11.8 Å². The predicted octanol–water partition coefficient (Wildman–Crippen LogP) is 0.924. The lowest BCUT2D eigenvalue weighted by Gasteiger charge is -2.26. The molecule has 6 nitrogen and oxygen atoms in total. The van der Waals surface area contributed by atoms with Gasteiger partial charge in [0.1, 0.15) is 6.10 Å². The largest absolute Gasteiger partial charge is 0.460 e. The molecule has 0 amide bonds. The lowest BCUT2D eigenvalue weighted by molar-refractivity contribution is -0.152. The van der Waals surface area contributed by atoms with Gasteiger partial charge in [-0.1, -0.05) is 6.58 Å². The number of sulfonamides is 1. The third-order valence-corrected chi connectivity index (χ3v) is 7.03. The second kappa shape index (κ2) is 5.45. The molecule has 122 valence electrons. The maximum Gasteiger partial charge on any atom is 0.306 e. The van der Waals surface area contributed by atoms with Crippen LogP contribution in [-0.4, -0.2) is 37.6 Å². The summed E-state index contributed by atoms with van der Waals surface area (Å²) in [4.78, 5) is 23.4. The Kier molecular flexibility index (Phi) is 3.89. The van der Waals surface area contributed by atoms with Crippen LogP contribution in [-0.2, 0) is 24.3 Å². The van der Waals surface area contributed by atoms with E-state index in [1.807, 2.05) is 0 Å². The number of nitrogens with one attached hydrogen (secondary N) is 1.